The van der Waals surface area contributed by atoms with Gasteiger partial charge in [0.1, 0.15) is 0 Å². The second kappa shape index (κ2) is 33.3. The van der Waals surface area contributed by atoms with E-state index in [1.807, 2.05) is 48.5 Å². The van der Waals surface area contributed by atoms with Gasteiger partial charge in [-0.25, -0.2) is 29.9 Å². The molecule has 0 fully saturated rings. The molecule has 30 rings (SSSR count). The van der Waals surface area contributed by atoms with Crippen molar-refractivity contribution in [3.8, 4) is 130 Å². The Morgan fingerprint density at radius 2 is 0.438 bits per heavy atom. The van der Waals surface area contributed by atoms with Crippen LogP contribution in [0.3, 0.4) is 0 Å². The number of benzene rings is 21. The summed E-state index contributed by atoms with van der Waals surface area (Å²) in [5.41, 5.74) is 32.3. The molecule has 146 heavy (non-hydrogen) atoms. The smallest absolute Gasteiger partial charge is 0.238 e. The van der Waals surface area contributed by atoms with Crippen LogP contribution in [0.4, 0.5) is 0 Å². The first-order chi connectivity index (χ1) is 71.7. The maximum Gasteiger partial charge on any atom is 0.238 e. The maximum atomic E-state index is 5.26. The summed E-state index contributed by atoms with van der Waals surface area (Å²) in [6.07, 6.45) is 0. The van der Waals surface area contributed by atoms with Crippen molar-refractivity contribution >= 4 is 119 Å². The van der Waals surface area contributed by atoms with Gasteiger partial charge in [-0.2, -0.15) is 9.97 Å². The van der Waals surface area contributed by atoms with Gasteiger partial charge in [-0.15, -0.1) is 0 Å². The largest absolute Gasteiger partial charge is 0.309 e. The second-order valence-electron chi connectivity index (χ2n) is 40.3. The van der Waals surface area contributed by atoms with Gasteiger partial charge in [0.25, 0.3) is 0 Å². The van der Waals surface area contributed by atoms with Gasteiger partial charge < -0.3 is 4.57 Å². The zero-order chi connectivity index (χ0) is 97.4. The third-order valence-electron chi connectivity index (χ3n) is 31.1. The fourth-order valence-corrected chi connectivity index (χ4v) is 24.2. The van der Waals surface area contributed by atoms with Crippen molar-refractivity contribution in [2.45, 2.75) is 57.8 Å². The average molecular weight is 1870 g/mol. The normalized spacial score (nSPS) is 13.3. The highest BCUT2D eigenvalue weighted by molar-refractivity contribution is 6.28. The topological polar surface area (TPSA) is 118 Å². The van der Waals surface area contributed by atoms with Gasteiger partial charge in [0.2, 0.25) is 11.9 Å². The fourth-order valence-electron chi connectivity index (χ4n) is 24.2. The van der Waals surface area contributed by atoms with Crippen molar-refractivity contribution in [1.29, 1.82) is 0 Å². The molecule has 11 nitrogen and oxygen atoms in total. The van der Waals surface area contributed by atoms with Crippen LogP contribution in [0.5, 0.6) is 0 Å². The highest BCUT2D eigenvalue weighted by Gasteiger charge is 2.40. The van der Waals surface area contributed by atoms with E-state index in [1.165, 1.54) is 142 Å². The fraction of sp³-hybridized carbons (Fsp3) is 0.0667. The van der Waals surface area contributed by atoms with E-state index in [-0.39, 0.29) is 16.2 Å². The molecule has 0 saturated heterocycles. The summed E-state index contributed by atoms with van der Waals surface area (Å²) < 4.78 is 6.93. The SMILES string of the molecule is CC1(C)c2ccccc2-c2c3c1cccc3cc1c2c2ccccc2n1-c1ccc(-c2nc(-c3cccc4ccccc34)nc(-c3cccc4ccccc34)n2)cc1.CC1(C)c2ccccc2-c2c3c1cccc3cc1c2c2ccccc2n1-c1nc(-c2ccccc2)cc(-c2ccccc2)n1.CC1(C)c2ccccc2-c2c3c1cccc3cc1c2c2ccccc2n1-c1nc(-c2ccccc2)nc(-c2ccccc2)n1. The summed E-state index contributed by atoms with van der Waals surface area (Å²) in [7, 11) is 0. The Morgan fingerprint density at radius 1 is 0.171 bits per heavy atom. The minimum absolute atomic E-state index is 0.104. The Labute approximate surface area is 843 Å². The lowest BCUT2D eigenvalue weighted by atomic mass is 9.68. The molecule has 0 N–H and O–H groups in total. The molecule has 0 saturated carbocycles. The quantitative estimate of drug-likeness (QED) is 0.133. The zero-order valence-electron chi connectivity index (χ0n) is 81.2. The predicted molar refractivity (Wildman–Crippen MR) is 603 cm³/mol. The zero-order valence-corrected chi connectivity index (χ0v) is 81.2. The lowest BCUT2D eigenvalue weighted by Gasteiger charge is -2.35. The Morgan fingerprint density at radius 3 is 0.836 bits per heavy atom. The van der Waals surface area contributed by atoms with Gasteiger partial charge in [0.15, 0.2) is 29.1 Å². The van der Waals surface area contributed by atoms with Crippen molar-refractivity contribution in [2.24, 2.45) is 0 Å². The Bertz CT molecular complexity index is 9530. The van der Waals surface area contributed by atoms with E-state index in [1.54, 1.807) is 0 Å². The molecule has 0 radical (unpaired) electrons. The Balaban J connectivity index is 0.000000108. The molecule has 6 heterocycles. The second-order valence-corrected chi connectivity index (χ2v) is 40.3. The molecule has 3 aliphatic carbocycles. The first kappa shape index (κ1) is 85.4. The van der Waals surface area contributed by atoms with Crippen LogP contribution in [-0.2, 0) is 16.2 Å². The van der Waals surface area contributed by atoms with Crippen molar-refractivity contribution in [3.63, 3.8) is 0 Å². The molecule has 688 valence electrons. The number of aromatic nitrogens is 11. The van der Waals surface area contributed by atoms with Crippen LogP contribution in [0.15, 0.2) is 455 Å². The Hall–Kier alpha value is -18.6. The number of para-hydroxylation sites is 3. The first-order valence-electron chi connectivity index (χ1n) is 50.2. The van der Waals surface area contributed by atoms with Crippen LogP contribution >= 0.6 is 0 Å². The maximum absolute atomic E-state index is 5.26. The van der Waals surface area contributed by atoms with Crippen LogP contribution in [-0.4, -0.2) is 53.6 Å². The first-order valence-corrected chi connectivity index (χ1v) is 50.2. The van der Waals surface area contributed by atoms with Gasteiger partial charge in [-0.3, -0.25) is 9.13 Å². The summed E-state index contributed by atoms with van der Waals surface area (Å²) in [6, 6.07) is 162. The third-order valence-corrected chi connectivity index (χ3v) is 31.1. The van der Waals surface area contributed by atoms with Crippen molar-refractivity contribution in [2.75, 3.05) is 0 Å². The summed E-state index contributed by atoms with van der Waals surface area (Å²) in [6.45, 7) is 14.1. The molecule has 0 spiro atoms. The molecule has 21 aromatic carbocycles. The van der Waals surface area contributed by atoms with Crippen molar-refractivity contribution in [3.05, 3.63) is 488 Å². The van der Waals surface area contributed by atoms with E-state index >= 15 is 0 Å². The van der Waals surface area contributed by atoms with E-state index in [2.05, 4.69) is 462 Å². The minimum Gasteiger partial charge on any atom is -0.309 e. The summed E-state index contributed by atoms with van der Waals surface area (Å²) >= 11 is 0. The highest BCUT2D eigenvalue weighted by atomic mass is 15.2. The van der Waals surface area contributed by atoms with Crippen LogP contribution in [0.25, 0.3) is 250 Å². The van der Waals surface area contributed by atoms with Crippen LogP contribution in [0, 0.1) is 0 Å². The Kier molecular flexibility index (Phi) is 19.5. The van der Waals surface area contributed by atoms with Gasteiger partial charge in [0.05, 0.1) is 44.5 Å². The predicted octanol–water partition coefficient (Wildman–Crippen LogP) is 33.9. The molecule has 6 aromatic heterocycles. The van der Waals surface area contributed by atoms with Gasteiger partial charge in [-0.05, 0) is 171 Å². The van der Waals surface area contributed by atoms with Crippen molar-refractivity contribution in [1.82, 2.24) is 53.6 Å². The molecule has 0 atom stereocenters. The van der Waals surface area contributed by atoms with E-state index in [9.17, 15) is 0 Å². The number of rotatable bonds is 10. The lowest BCUT2D eigenvalue weighted by Crippen LogP contribution is -2.23. The molecule has 0 bridgehead atoms. The third kappa shape index (κ3) is 13.3. The van der Waals surface area contributed by atoms with Crippen LogP contribution in [0.1, 0.15) is 74.9 Å². The minimum atomic E-state index is -0.113. The number of hydrogen-bond acceptors (Lipinski definition) is 8. The molecular weight excluding hydrogens is 1780 g/mol. The monoisotopic (exact) mass is 1870 g/mol. The highest BCUT2D eigenvalue weighted by Crippen LogP contribution is 2.58. The molecule has 3 aliphatic rings. The molecule has 11 heteroatoms. The molecule has 0 unspecified atom stereocenters. The van der Waals surface area contributed by atoms with E-state index in [0.717, 1.165) is 99.6 Å². The number of nitrogens with zero attached hydrogens (tertiary/aromatic N) is 11. The summed E-state index contributed by atoms with van der Waals surface area (Å²) in [4.78, 5) is 41.3. The van der Waals surface area contributed by atoms with Gasteiger partial charge >= 0.3 is 0 Å². The molecule has 0 amide bonds. The van der Waals surface area contributed by atoms with E-state index < -0.39 is 0 Å². The van der Waals surface area contributed by atoms with Crippen LogP contribution in [0.2, 0.25) is 0 Å². The van der Waals surface area contributed by atoms with Crippen molar-refractivity contribution < 1.29 is 0 Å². The standard InChI is InChI=1S/C54H36N4.C41H29N3.C40H28N4/c1-54(2)44-25-9-7-21-42(44)50-48-36(18-13-26-45(48)54)32-47-49(50)43-22-8-10-27-46(43)58(47)37-30-28-35(29-31-37)51-55-52(40-23-11-16-33-14-3-5-19-38(33)40)57-53(56-51)41-24-12-17-34-15-4-6-20-39(34)41;1-41(2)31-21-11-9-19-29(31)39-37-28(18-13-22-32(37)41)24-36-38(39)30-20-10-12-23-35(30)44(36)40-42-33(26-14-5-3-6-15-26)25-34(43-40)27-16-7-4-8-17-27;1-40(2)30-21-11-9-19-28(30)36-34-27(18-13-22-31(34)40)24-33-35(36)29-20-10-12-23-32(29)44(33)39-42-37(25-14-5-3-6-15-25)41-38(43-39)26-16-7-4-8-17-26/h3-32H,1-2H3;3-25H,1-2H3;3-24H,1-2H3. The van der Waals surface area contributed by atoms with Gasteiger partial charge in [-0.1, -0.05) is 430 Å². The molecule has 0 aliphatic heterocycles. The number of fused-ring (bicyclic) bond motifs is 20. The summed E-state index contributed by atoms with van der Waals surface area (Å²) in [5, 5.41) is 19.7. The average Bonchev–Trinajstić information content (AvgIpc) is 1.58. The van der Waals surface area contributed by atoms with E-state index in [0.29, 0.717) is 41.0 Å². The van der Waals surface area contributed by atoms with Gasteiger partial charge in [0, 0.05) is 110 Å². The lowest BCUT2D eigenvalue weighted by molar-refractivity contribution is 0.645. The molecular formula is C135H93N11. The summed E-state index contributed by atoms with van der Waals surface area (Å²) in [5.74, 6) is 4.52. The number of hydrogen-bond donors (Lipinski definition) is 0. The molecule has 27 aromatic rings. The van der Waals surface area contributed by atoms with Crippen LogP contribution < -0.4 is 0 Å². The van der Waals surface area contributed by atoms with E-state index in [4.69, 9.17) is 39.9 Å².